The van der Waals surface area contributed by atoms with Gasteiger partial charge in [0, 0.05) is 12.5 Å². The van der Waals surface area contributed by atoms with Crippen molar-refractivity contribution >= 4 is 17.6 Å². The van der Waals surface area contributed by atoms with E-state index >= 15 is 0 Å². The maximum Gasteiger partial charge on any atom is 0.308 e. The number of nitro benzene ring substituents is 1. The van der Waals surface area contributed by atoms with E-state index < -0.39 is 16.9 Å². The van der Waals surface area contributed by atoms with E-state index in [1.54, 1.807) is 32.0 Å². The highest BCUT2D eigenvalue weighted by atomic mass is 16.6. The van der Waals surface area contributed by atoms with Gasteiger partial charge < -0.3 is 15.4 Å². The van der Waals surface area contributed by atoms with Crippen LogP contribution >= 0.6 is 0 Å². The van der Waals surface area contributed by atoms with Gasteiger partial charge in [0.1, 0.15) is 0 Å². The van der Waals surface area contributed by atoms with Crippen LogP contribution in [0.25, 0.3) is 0 Å². The number of amides is 1. The molecule has 1 aliphatic heterocycles. The largest absolute Gasteiger partial charge is 0.463 e. The standard InChI is InChI=1S/C20H29N3O5/c1-14(2)28-20(25)13-17(16-5-3-4-6-18(16)23(26)27)22-19(24)8-7-15-9-11-21-12-10-15/h3-6,14-15,17,21H,7-13H2,1-2H3,(H,22,24). The van der Waals surface area contributed by atoms with Crippen LogP contribution in [0.5, 0.6) is 0 Å². The van der Waals surface area contributed by atoms with Gasteiger partial charge in [0.2, 0.25) is 5.91 Å². The van der Waals surface area contributed by atoms with Crippen molar-refractivity contribution in [2.75, 3.05) is 13.1 Å². The zero-order valence-electron chi connectivity index (χ0n) is 16.5. The molecule has 1 fully saturated rings. The first kappa shape index (κ1) is 21.8. The summed E-state index contributed by atoms with van der Waals surface area (Å²) in [5.41, 5.74) is 0.187. The molecule has 1 saturated heterocycles. The Balaban J connectivity index is 2.08. The fourth-order valence-corrected chi connectivity index (χ4v) is 3.44. The zero-order chi connectivity index (χ0) is 20.5. The van der Waals surface area contributed by atoms with Gasteiger partial charge in [-0.05, 0) is 52.1 Å². The van der Waals surface area contributed by atoms with Crippen LogP contribution in [0.1, 0.15) is 57.6 Å². The minimum atomic E-state index is -0.798. The first-order chi connectivity index (χ1) is 13.4. The van der Waals surface area contributed by atoms with Gasteiger partial charge in [-0.3, -0.25) is 19.7 Å². The molecule has 1 heterocycles. The van der Waals surface area contributed by atoms with Gasteiger partial charge in [-0.25, -0.2) is 0 Å². The van der Waals surface area contributed by atoms with Crippen LogP contribution in [-0.4, -0.2) is 36.0 Å². The van der Waals surface area contributed by atoms with Gasteiger partial charge in [-0.15, -0.1) is 0 Å². The molecule has 0 bridgehead atoms. The molecule has 8 nitrogen and oxygen atoms in total. The van der Waals surface area contributed by atoms with E-state index in [-0.39, 0.29) is 24.1 Å². The Bertz CT molecular complexity index is 686. The molecule has 154 valence electrons. The molecule has 8 heteroatoms. The summed E-state index contributed by atoms with van der Waals surface area (Å²) >= 11 is 0. The number of hydrogen-bond acceptors (Lipinski definition) is 6. The number of hydrogen-bond donors (Lipinski definition) is 2. The molecular formula is C20H29N3O5. The topological polar surface area (TPSA) is 111 Å². The van der Waals surface area contributed by atoms with E-state index in [9.17, 15) is 19.7 Å². The molecule has 28 heavy (non-hydrogen) atoms. The number of benzene rings is 1. The highest BCUT2D eigenvalue weighted by Gasteiger charge is 2.27. The molecule has 1 atom stereocenters. The Morgan fingerprint density at radius 1 is 1.29 bits per heavy atom. The Labute approximate surface area is 165 Å². The fraction of sp³-hybridized carbons (Fsp3) is 0.600. The van der Waals surface area contributed by atoms with Crippen molar-refractivity contribution in [1.29, 1.82) is 0 Å². The van der Waals surface area contributed by atoms with Gasteiger partial charge in [0.25, 0.3) is 5.69 Å². The minimum Gasteiger partial charge on any atom is -0.463 e. The van der Waals surface area contributed by atoms with Crippen LogP contribution in [0.15, 0.2) is 24.3 Å². The highest BCUT2D eigenvalue weighted by molar-refractivity contribution is 5.78. The molecule has 2 rings (SSSR count). The lowest BCUT2D eigenvalue weighted by molar-refractivity contribution is -0.385. The van der Waals surface area contributed by atoms with Crippen LogP contribution in [-0.2, 0) is 14.3 Å². The molecule has 0 saturated carbocycles. The van der Waals surface area contributed by atoms with Gasteiger partial charge in [-0.1, -0.05) is 18.2 Å². The summed E-state index contributed by atoms with van der Waals surface area (Å²) in [5.74, 6) is -0.210. The third-order valence-corrected chi connectivity index (χ3v) is 4.82. The summed E-state index contributed by atoms with van der Waals surface area (Å²) in [6.07, 6.45) is 2.74. The lowest BCUT2D eigenvalue weighted by atomic mass is 9.93. The maximum atomic E-state index is 12.5. The minimum absolute atomic E-state index is 0.122. The first-order valence-corrected chi connectivity index (χ1v) is 9.79. The second-order valence-electron chi connectivity index (χ2n) is 7.41. The zero-order valence-corrected chi connectivity index (χ0v) is 16.5. The molecule has 2 N–H and O–H groups in total. The molecule has 0 aliphatic carbocycles. The number of ether oxygens (including phenoxy) is 1. The number of rotatable bonds is 9. The van der Waals surface area contributed by atoms with E-state index in [4.69, 9.17) is 4.74 Å². The average Bonchev–Trinajstić information content (AvgIpc) is 2.66. The maximum absolute atomic E-state index is 12.5. The second kappa shape index (κ2) is 10.8. The first-order valence-electron chi connectivity index (χ1n) is 9.79. The van der Waals surface area contributed by atoms with Crippen LogP contribution in [0, 0.1) is 16.0 Å². The van der Waals surface area contributed by atoms with Crippen molar-refractivity contribution in [3.05, 3.63) is 39.9 Å². The van der Waals surface area contributed by atoms with Crippen LogP contribution < -0.4 is 10.6 Å². The lowest BCUT2D eigenvalue weighted by Crippen LogP contribution is -2.32. The fourth-order valence-electron chi connectivity index (χ4n) is 3.44. The molecule has 1 amide bonds. The van der Waals surface area contributed by atoms with Crippen molar-refractivity contribution in [3.8, 4) is 0 Å². The van der Waals surface area contributed by atoms with E-state index in [0.717, 1.165) is 32.4 Å². The number of piperidine rings is 1. The average molecular weight is 391 g/mol. The van der Waals surface area contributed by atoms with Crippen molar-refractivity contribution in [2.24, 2.45) is 5.92 Å². The Morgan fingerprint density at radius 2 is 1.96 bits per heavy atom. The Morgan fingerprint density at radius 3 is 2.61 bits per heavy atom. The lowest BCUT2D eigenvalue weighted by Gasteiger charge is -2.23. The number of esters is 1. The van der Waals surface area contributed by atoms with Crippen molar-refractivity contribution in [3.63, 3.8) is 0 Å². The molecular weight excluding hydrogens is 362 g/mol. The van der Waals surface area contributed by atoms with Gasteiger partial charge in [-0.2, -0.15) is 0 Å². The molecule has 0 spiro atoms. The van der Waals surface area contributed by atoms with Crippen molar-refractivity contribution in [2.45, 2.75) is 58.1 Å². The highest BCUT2D eigenvalue weighted by Crippen LogP contribution is 2.28. The van der Waals surface area contributed by atoms with Crippen LogP contribution in [0.3, 0.4) is 0 Å². The van der Waals surface area contributed by atoms with E-state index in [2.05, 4.69) is 10.6 Å². The molecule has 1 unspecified atom stereocenters. The summed E-state index contributed by atoms with van der Waals surface area (Å²) in [7, 11) is 0. The number of carbonyl (C=O) groups excluding carboxylic acids is 2. The van der Waals surface area contributed by atoms with Crippen LogP contribution in [0.2, 0.25) is 0 Å². The predicted molar refractivity (Wildman–Crippen MR) is 105 cm³/mol. The molecule has 1 aromatic rings. The summed E-state index contributed by atoms with van der Waals surface area (Å²) in [4.78, 5) is 35.5. The van der Waals surface area contributed by atoms with Crippen LogP contribution in [0.4, 0.5) is 5.69 Å². The Hall–Kier alpha value is -2.48. The second-order valence-corrected chi connectivity index (χ2v) is 7.41. The predicted octanol–water partition coefficient (Wildman–Crippen LogP) is 2.87. The summed E-state index contributed by atoms with van der Waals surface area (Å²) < 4.78 is 5.17. The molecule has 1 aliphatic rings. The third kappa shape index (κ3) is 6.92. The number of carbonyl (C=O) groups is 2. The SMILES string of the molecule is CC(C)OC(=O)CC(NC(=O)CCC1CCNCC1)c1ccccc1[N+](=O)[O-]. The van der Waals surface area contributed by atoms with Gasteiger partial charge in [0.15, 0.2) is 0 Å². The quantitative estimate of drug-likeness (QED) is 0.380. The summed E-state index contributed by atoms with van der Waals surface area (Å²) in [6.45, 7) is 5.39. The van der Waals surface area contributed by atoms with Gasteiger partial charge in [0.05, 0.1) is 29.1 Å². The van der Waals surface area contributed by atoms with E-state index in [1.807, 2.05) is 0 Å². The summed E-state index contributed by atoms with van der Waals surface area (Å²) in [6, 6.07) is 5.36. The number of para-hydroxylation sites is 1. The van der Waals surface area contributed by atoms with E-state index in [1.165, 1.54) is 6.07 Å². The number of nitrogens with one attached hydrogen (secondary N) is 2. The smallest absolute Gasteiger partial charge is 0.308 e. The number of nitrogens with zero attached hydrogens (tertiary/aromatic N) is 1. The number of nitro groups is 1. The summed E-state index contributed by atoms with van der Waals surface area (Å²) in [5, 5.41) is 17.5. The van der Waals surface area contributed by atoms with Crippen molar-refractivity contribution in [1.82, 2.24) is 10.6 Å². The molecule has 0 radical (unpaired) electrons. The van der Waals surface area contributed by atoms with Gasteiger partial charge >= 0.3 is 5.97 Å². The van der Waals surface area contributed by atoms with Crippen molar-refractivity contribution < 1.29 is 19.2 Å². The Kier molecular flexibility index (Phi) is 8.38. The monoisotopic (exact) mass is 391 g/mol. The molecule has 0 aromatic heterocycles. The molecule has 1 aromatic carbocycles. The normalized spacial score (nSPS) is 15.8. The van der Waals surface area contributed by atoms with E-state index in [0.29, 0.717) is 17.9 Å². The third-order valence-electron chi connectivity index (χ3n) is 4.82.